The fraction of sp³-hybridized carbons (Fsp3) is 0.533. The SMILES string of the molecule is CC(Cc1ccccc1)NC(=O)[C@@H]1CCCNC1. The van der Waals surface area contributed by atoms with Gasteiger partial charge in [0, 0.05) is 12.6 Å². The summed E-state index contributed by atoms with van der Waals surface area (Å²) in [4.78, 5) is 12.0. The van der Waals surface area contributed by atoms with Crippen molar-refractivity contribution in [2.75, 3.05) is 13.1 Å². The molecular weight excluding hydrogens is 224 g/mol. The van der Waals surface area contributed by atoms with Crippen molar-refractivity contribution in [1.82, 2.24) is 10.6 Å². The lowest BCUT2D eigenvalue weighted by Gasteiger charge is -2.24. The molecule has 98 valence electrons. The number of amides is 1. The molecule has 1 fully saturated rings. The van der Waals surface area contributed by atoms with Crippen LogP contribution in [0.4, 0.5) is 0 Å². The molecule has 0 aliphatic carbocycles. The van der Waals surface area contributed by atoms with Crippen molar-refractivity contribution in [3.63, 3.8) is 0 Å². The minimum atomic E-state index is 0.150. The molecule has 0 bridgehead atoms. The van der Waals surface area contributed by atoms with Gasteiger partial charge in [-0.25, -0.2) is 0 Å². The number of nitrogens with one attached hydrogen (secondary N) is 2. The van der Waals surface area contributed by atoms with Crippen molar-refractivity contribution in [2.24, 2.45) is 5.92 Å². The first kappa shape index (κ1) is 13.1. The molecule has 1 aliphatic rings. The summed E-state index contributed by atoms with van der Waals surface area (Å²) in [6.45, 7) is 3.94. The lowest BCUT2D eigenvalue weighted by Crippen LogP contribution is -2.44. The Balaban J connectivity index is 1.79. The highest BCUT2D eigenvalue weighted by Gasteiger charge is 2.21. The predicted molar refractivity (Wildman–Crippen MR) is 73.3 cm³/mol. The maximum Gasteiger partial charge on any atom is 0.224 e. The Morgan fingerprint density at radius 1 is 1.44 bits per heavy atom. The highest BCUT2D eigenvalue weighted by atomic mass is 16.1. The molecule has 0 radical (unpaired) electrons. The topological polar surface area (TPSA) is 41.1 Å². The first-order valence-corrected chi connectivity index (χ1v) is 6.80. The van der Waals surface area contributed by atoms with Crippen LogP contribution in [0.3, 0.4) is 0 Å². The summed E-state index contributed by atoms with van der Waals surface area (Å²) in [6.07, 6.45) is 3.01. The quantitative estimate of drug-likeness (QED) is 0.849. The second kappa shape index (κ2) is 6.55. The average Bonchev–Trinajstić information content (AvgIpc) is 2.40. The molecule has 0 aromatic heterocycles. The molecule has 1 aromatic rings. The fourth-order valence-electron chi connectivity index (χ4n) is 2.45. The Morgan fingerprint density at radius 2 is 2.22 bits per heavy atom. The van der Waals surface area contributed by atoms with Crippen molar-refractivity contribution in [3.05, 3.63) is 35.9 Å². The van der Waals surface area contributed by atoms with E-state index in [2.05, 4.69) is 29.7 Å². The van der Waals surface area contributed by atoms with Gasteiger partial charge < -0.3 is 10.6 Å². The normalized spacial score (nSPS) is 21.3. The number of carbonyl (C=O) groups excluding carboxylic acids is 1. The molecule has 3 heteroatoms. The summed E-state index contributed by atoms with van der Waals surface area (Å²) in [5.41, 5.74) is 1.27. The zero-order chi connectivity index (χ0) is 12.8. The van der Waals surface area contributed by atoms with Gasteiger partial charge >= 0.3 is 0 Å². The summed E-state index contributed by atoms with van der Waals surface area (Å²) in [7, 11) is 0. The molecule has 1 aliphatic heterocycles. The molecule has 2 N–H and O–H groups in total. The summed E-state index contributed by atoms with van der Waals surface area (Å²) < 4.78 is 0. The Labute approximate surface area is 109 Å². The van der Waals surface area contributed by atoms with Crippen molar-refractivity contribution in [3.8, 4) is 0 Å². The molecule has 2 atom stereocenters. The van der Waals surface area contributed by atoms with E-state index in [1.165, 1.54) is 5.56 Å². The Kier molecular flexibility index (Phi) is 4.76. The van der Waals surface area contributed by atoms with E-state index in [-0.39, 0.29) is 17.9 Å². The minimum Gasteiger partial charge on any atom is -0.353 e. The predicted octanol–water partition coefficient (Wildman–Crippen LogP) is 1.73. The van der Waals surface area contributed by atoms with Crippen LogP contribution in [0.1, 0.15) is 25.3 Å². The maximum atomic E-state index is 12.0. The van der Waals surface area contributed by atoms with Crippen LogP contribution in [-0.4, -0.2) is 25.0 Å². The van der Waals surface area contributed by atoms with Crippen LogP contribution in [0.15, 0.2) is 30.3 Å². The third-order valence-corrected chi connectivity index (χ3v) is 3.44. The van der Waals surface area contributed by atoms with E-state index in [1.54, 1.807) is 0 Å². The standard InChI is InChI=1S/C15H22N2O/c1-12(10-13-6-3-2-4-7-13)17-15(18)14-8-5-9-16-11-14/h2-4,6-7,12,14,16H,5,8-11H2,1H3,(H,17,18)/t12?,14-/m1/s1. The Hall–Kier alpha value is -1.35. The molecule has 1 aromatic carbocycles. The van der Waals surface area contributed by atoms with Gasteiger partial charge in [-0.2, -0.15) is 0 Å². The van der Waals surface area contributed by atoms with Crippen LogP contribution in [0, 0.1) is 5.92 Å². The van der Waals surface area contributed by atoms with Gasteiger partial charge in [-0.1, -0.05) is 30.3 Å². The van der Waals surface area contributed by atoms with Crippen LogP contribution in [0.25, 0.3) is 0 Å². The van der Waals surface area contributed by atoms with E-state index in [4.69, 9.17) is 0 Å². The number of benzene rings is 1. The van der Waals surface area contributed by atoms with Crippen LogP contribution >= 0.6 is 0 Å². The molecule has 1 heterocycles. The number of piperidine rings is 1. The number of carbonyl (C=O) groups is 1. The number of hydrogen-bond donors (Lipinski definition) is 2. The summed E-state index contributed by atoms with van der Waals surface area (Å²) in [5.74, 6) is 0.350. The Bertz CT molecular complexity index is 371. The molecule has 0 spiro atoms. The summed E-state index contributed by atoms with van der Waals surface area (Å²) in [6, 6.07) is 10.5. The summed E-state index contributed by atoms with van der Waals surface area (Å²) in [5, 5.41) is 6.40. The van der Waals surface area contributed by atoms with E-state index in [1.807, 2.05) is 18.2 Å². The van der Waals surface area contributed by atoms with E-state index in [0.717, 1.165) is 32.4 Å². The smallest absolute Gasteiger partial charge is 0.224 e. The lowest BCUT2D eigenvalue weighted by atomic mass is 9.98. The van der Waals surface area contributed by atoms with Crippen LogP contribution < -0.4 is 10.6 Å². The van der Waals surface area contributed by atoms with Crippen molar-refractivity contribution in [2.45, 2.75) is 32.2 Å². The van der Waals surface area contributed by atoms with Crippen molar-refractivity contribution < 1.29 is 4.79 Å². The van der Waals surface area contributed by atoms with E-state index in [9.17, 15) is 4.79 Å². The van der Waals surface area contributed by atoms with Gasteiger partial charge in [-0.05, 0) is 38.3 Å². The van der Waals surface area contributed by atoms with Gasteiger partial charge in [-0.15, -0.1) is 0 Å². The maximum absolute atomic E-state index is 12.0. The summed E-state index contributed by atoms with van der Waals surface area (Å²) >= 11 is 0. The second-order valence-corrected chi connectivity index (χ2v) is 5.14. The number of rotatable bonds is 4. The third-order valence-electron chi connectivity index (χ3n) is 3.44. The molecule has 3 nitrogen and oxygen atoms in total. The van der Waals surface area contributed by atoms with Gasteiger partial charge in [0.05, 0.1) is 5.92 Å². The van der Waals surface area contributed by atoms with Gasteiger partial charge in [0.1, 0.15) is 0 Å². The van der Waals surface area contributed by atoms with Gasteiger partial charge in [0.15, 0.2) is 0 Å². The van der Waals surface area contributed by atoms with Gasteiger partial charge in [0.2, 0.25) is 5.91 Å². The van der Waals surface area contributed by atoms with E-state index < -0.39 is 0 Å². The second-order valence-electron chi connectivity index (χ2n) is 5.14. The fourth-order valence-corrected chi connectivity index (χ4v) is 2.45. The van der Waals surface area contributed by atoms with Crippen LogP contribution in [0.5, 0.6) is 0 Å². The van der Waals surface area contributed by atoms with Gasteiger partial charge in [-0.3, -0.25) is 4.79 Å². The first-order valence-electron chi connectivity index (χ1n) is 6.80. The average molecular weight is 246 g/mol. The molecule has 2 rings (SSSR count). The molecule has 1 unspecified atom stereocenters. The zero-order valence-electron chi connectivity index (χ0n) is 11.0. The van der Waals surface area contributed by atoms with Crippen molar-refractivity contribution >= 4 is 5.91 Å². The van der Waals surface area contributed by atoms with E-state index in [0.29, 0.717) is 0 Å². The minimum absolute atomic E-state index is 0.150. The molecule has 18 heavy (non-hydrogen) atoms. The van der Waals surface area contributed by atoms with E-state index >= 15 is 0 Å². The molecule has 1 saturated heterocycles. The molecular formula is C15H22N2O. The zero-order valence-corrected chi connectivity index (χ0v) is 11.0. The monoisotopic (exact) mass is 246 g/mol. The highest BCUT2D eigenvalue weighted by Crippen LogP contribution is 2.10. The number of hydrogen-bond acceptors (Lipinski definition) is 2. The van der Waals surface area contributed by atoms with Crippen LogP contribution in [0.2, 0.25) is 0 Å². The highest BCUT2D eigenvalue weighted by molar-refractivity contribution is 5.79. The third kappa shape index (κ3) is 3.84. The largest absolute Gasteiger partial charge is 0.353 e. The van der Waals surface area contributed by atoms with Crippen LogP contribution in [-0.2, 0) is 11.2 Å². The molecule has 1 amide bonds. The molecule has 0 saturated carbocycles. The first-order chi connectivity index (χ1) is 8.75. The van der Waals surface area contributed by atoms with Gasteiger partial charge in [0.25, 0.3) is 0 Å². The lowest BCUT2D eigenvalue weighted by molar-refractivity contribution is -0.126. The Morgan fingerprint density at radius 3 is 2.89 bits per heavy atom. The van der Waals surface area contributed by atoms with Crippen molar-refractivity contribution in [1.29, 1.82) is 0 Å².